The maximum absolute atomic E-state index is 13.4. The van der Waals surface area contributed by atoms with Gasteiger partial charge < -0.3 is 15.3 Å². The van der Waals surface area contributed by atoms with Gasteiger partial charge in [-0.25, -0.2) is 14.4 Å². The molecule has 0 aliphatic carbocycles. The van der Waals surface area contributed by atoms with Gasteiger partial charge >= 0.3 is 0 Å². The van der Waals surface area contributed by atoms with Crippen molar-refractivity contribution in [3.63, 3.8) is 0 Å². The number of aromatic nitrogens is 1. The third-order valence-electron chi connectivity index (χ3n) is 4.28. The predicted molar refractivity (Wildman–Crippen MR) is 103 cm³/mol. The zero-order valence-corrected chi connectivity index (χ0v) is 15.6. The molecule has 0 radical (unpaired) electrons. The number of ether oxygens (including phenoxy) is 1. The predicted octanol–water partition coefficient (Wildman–Crippen LogP) is 3.16. The van der Waals surface area contributed by atoms with E-state index in [-0.39, 0.29) is 5.02 Å². The second-order valence-corrected chi connectivity index (χ2v) is 6.56. The SMILES string of the molecule is COCCNCC1=Nc2nccc(/C(Cc3ccc(F)c(Cl)c3)=N/O)c2C1. The molecule has 8 heteroatoms. The molecule has 0 atom stereocenters. The van der Waals surface area contributed by atoms with Crippen LogP contribution in [0.1, 0.15) is 16.7 Å². The molecular formula is C19H20ClFN4O2. The number of nitrogens with zero attached hydrogens (tertiary/aromatic N) is 3. The van der Waals surface area contributed by atoms with Gasteiger partial charge in [-0.05, 0) is 23.8 Å². The summed E-state index contributed by atoms with van der Waals surface area (Å²) >= 11 is 5.85. The largest absolute Gasteiger partial charge is 0.411 e. The number of aliphatic imine (C=N–C) groups is 1. The third-order valence-corrected chi connectivity index (χ3v) is 4.57. The van der Waals surface area contributed by atoms with Gasteiger partial charge in [0.2, 0.25) is 0 Å². The van der Waals surface area contributed by atoms with Crippen LogP contribution in [0.4, 0.5) is 10.2 Å². The number of pyridine rings is 1. The van der Waals surface area contributed by atoms with Crippen molar-refractivity contribution < 1.29 is 14.3 Å². The fourth-order valence-corrected chi connectivity index (χ4v) is 3.16. The smallest absolute Gasteiger partial charge is 0.156 e. The zero-order valence-electron chi connectivity index (χ0n) is 14.9. The minimum absolute atomic E-state index is 0.0394. The van der Waals surface area contributed by atoms with E-state index < -0.39 is 5.82 Å². The molecule has 0 bridgehead atoms. The molecule has 0 fully saturated rings. The van der Waals surface area contributed by atoms with E-state index >= 15 is 0 Å². The Morgan fingerprint density at radius 2 is 2.26 bits per heavy atom. The van der Waals surface area contributed by atoms with Crippen molar-refractivity contribution in [1.29, 1.82) is 0 Å². The van der Waals surface area contributed by atoms with Crippen LogP contribution in [-0.2, 0) is 17.6 Å². The summed E-state index contributed by atoms with van der Waals surface area (Å²) in [5, 5.41) is 16.3. The molecule has 1 aliphatic heterocycles. The standard InChI is InChI=1S/C19H20ClFN4O2/c1-27-7-6-22-11-13-10-15-14(4-5-23-19(15)24-13)18(25-26)9-12-2-3-17(21)16(20)8-12/h2-5,8,22,26H,6-7,9-11H2,1H3/b25-18+. The van der Waals surface area contributed by atoms with E-state index in [0.717, 1.165) is 28.9 Å². The molecule has 1 aliphatic rings. The third kappa shape index (κ3) is 4.68. The summed E-state index contributed by atoms with van der Waals surface area (Å²) in [6.45, 7) is 2.00. The van der Waals surface area contributed by atoms with Crippen molar-refractivity contribution in [2.75, 3.05) is 26.8 Å². The molecule has 27 heavy (non-hydrogen) atoms. The maximum Gasteiger partial charge on any atom is 0.156 e. The number of benzene rings is 1. The van der Waals surface area contributed by atoms with Gasteiger partial charge in [0.05, 0.1) is 17.3 Å². The average molecular weight is 391 g/mol. The molecule has 0 saturated carbocycles. The maximum atomic E-state index is 13.4. The Kier molecular flexibility index (Phi) is 6.49. The van der Waals surface area contributed by atoms with Crippen molar-refractivity contribution in [2.45, 2.75) is 12.8 Å². The Morgan fingerprint density at radius 3 is 3.00 bits per heavy atom. The van der Waals surface area contributed by atoms with Crippen molar-refractivity contribution in [2.24, 2.45) is 10.1 Å². The van der Waals surface area contributed by atoms with Crippen LogP contribution in [0.2, 0.25) is 5.02 Å². The second kappa shape index (κ2) is 9.03. The van der Waals surface area contributed by atoms with Crippen LogP contribution < -0.4 is 5.32 Å². The summed E-state index contributed by atoms with van der Waals surface area (Å²) in [6.07, 6.45) is 2.58. The summed E-state index contributed by atoms with van der Waals surface area (Å²) in [7, 11) is 1.66. The van der Waals surface area contributed by atoms with Crippen molar-refractivity contribution in [1.82, 2.24) is 10.3 Å². The Balaban J connectivity index is 1.75. The molecule has 0 amide bonds. The van der Waals surface area contributed by atoms with Crippen LogP contribution in [-0.4, -0.2) is 48.4 Å². The number of nitrogens with one attached hydrogen (secondary N) is 1. The van der Waals surface area contributed by atoms with Crippen LogP contribution in [0.15, 0.2) is 40.6 Å². The van der Waals surface area contributed by atoms with Crippen molar-refractivity contribution >= 4 is 28.8 Å². The fourth-order valence-electron chi connectivity index (χ4n) is 2.95. The minimum atomic E-state index is -0.480. The molecule has 2 N–H and O–H groups in total. The van der Waals surface area contributed by atoms with E-state index in [1.807, 2.05) is 0 Å². The summed E-state index contributed by atoms with van der Waals surface area (Å²) in [5.41, 5.74) is 3.86. The van der Waals surface area contributed by atoms with Gasteiger partial charge in [0.25, 0.3) is 0 Å². The molecule has 2 aromatic rings. The molecule has 142 valence electrons. The van der Waals surface area contributed by atoms with Crippen LogP contribution in [0.3, 0.4) is 0 Å². The summed E-state index contributed by atoms with van der Waals surface area (Å²) < 4.78 is 18.4. The molecule has 1 aromatic heterocycles. The zero-order chi connectivity index (χ0) is 19.2. The lowest BCUT2D eigenvalue weighted by Crippen LogP contribution is -2.26. The number of rotatable bonds is 8. The van der Waals surface area contributed by atoms with Gasteiger partial charge in [-0.3, -0.25) is 0 Å². The van der Waals surface area contributed by atoms with E-state index in [1.165, 1.54) is 12.1 Å². The molecule has 3 rings (SSSR count). The molecule has 0 saturated heterocycles. The summed E-state index contributed by atoms with van der Waals surface area (Å²) in [4.78, 5) is 8.87. The van der Waals surface area contributed by atoms with E-state index in [4.69, 9.17) is 16.3 Å². The Bertz CT molecular complexity index is 886. The van der Waals surface area contributed by atoms with Gasteiger partial charge in [0.15, 0.2) is 5.82 Å². The lowest BCUT2D eigenvalue weighted by Gasteiger charge is -2.10. The van der Waals surface area contributed by atoms with Crippen molar-refractivity contribution in [3.05, 3.63) is 58.0 Å². The normalized spacial score (nSPS) is 13.6. The van der Waals surface area contributed by atoms with E-state index in [1.54, 1.807) is 25.4 Å². The second-order valence-electron chi connectivity index (χ2n) is 6.16. The average Bonchev–Trinajstić information content (AvgIpc) is 3.09. The molecule has 0 unspecified atom stereocenters. The number of oxime groups is 1. The van der Waals surface area contributed by atoms with E-state index in [2.05, 4.69) is 20.4 Å². The highest BCUT2D eigenvalue weighted by Gasteiger charge is 2.22. The van der Waals surface area contributed by atoms with Crippen molar-refractivity contribution in [3.8, 4) is 0 Å². The number of halogens is 2. The highest BCUT2D eigenvalue weighted by atomic mass is 35.5. The Morgan fingerprint density at radius 1 is 1.41 bits per heavy atom. The first-order chi connectivity index (χ1) is 13.1. The number of methoxy groups -OCH3 is 1. The van der Waals surface area contributed by atoms with Gasteiger partial charge in [-0.2, -0.15) is 0 Å². The Hall–Kier alpha value is -2.35. The van der Waals surface area contributed by atoms with E-state index in [9.17, 15) is 9.60 Å². The molecule has 0 spiro atoms. The Labute approximate surface area is 161 Å². The topological polar surface area (TPSA) is 79.1 Å². The van der Waals surface area contributed by atoms with E-state index in [0.29, 0.717) is 37.5 Å². The van der Waals surface area contributed by atoms with Gasteiger partial charge in [0, 0.05) is 56.1 Å². The molecule has 2 heterocycles. The molecule has 6 nitrogen and oxygen atoms in total. The lowest BCUT2D eigenvalue weighted by molar-refractivity contribution is 0.201. The number of fused-ring (bicyclic) bond motifs is 1. The van der Waals surface area contributed by atoms with Crippen LogP contribution in [0.5, 0.6) is 0 Å². The van der Waals surface area contributed by atoms with Gasteiger partial charge in [-0.1, -0.05) is 22.8 Å². The highest BCUT2D eigenvalue weighted by Crippen LogP contribution is 2.28. The highest BCUT2D eigenvalue weighted by molar-refractivity contribution is 6.30. The number of hydrogen-bond donors (Lipinski definition) is 2. The quantitative estimate of drug-likeness (QED) is 0.314. The minimum Gasteiger partial charge on any atom is -0.411 e. The van der Waals surface area contributed by atoms with Crippen LogP contribution in [0.25, 0.3) is 0 Å². The lowest BCUT2D eigenvalue weighted by atomic mass is 9.97. The first kappa shape index (κ1) is 19.4. The molecule has 1 aromatic carbocycles. The first-order valence-electron chi connectivity index (χ1n) is 8.51. The van der Waals surface area contributed by atoms with Crippen LogP contribution >= 0.6 is 11.6 Å². The van der Waals surface area contributed by atoms with Gasteiger partial charge in [-0.15, -0.1) is 0 Å². The first-order valence-corrected chi connectivity index (χ1v) is 8.89. The van der Waals surface area contributed by atoms with Gasteiger partial charge in [0.1, 0.15) is 5.82 Å². The summed E-state index contributed by atoms with van der Waals surface area (Å²) in [5.74, 6) is 0.154. The molecular weight excluding hydrogens is 371 g/mol. The fraction of sp³-hybridized carbons (Fsp3) is 0.316. The number of hydrogen-bond acceptors (Lipinski definition) is 6. The van der Waals surface area contributed by atoms with Crippen LogP contribution in [0, 0.1) is 5.82 Å². The summed E-state index contributed by atoms with van der Waals surface area (Å²) in [6, 6.07) is 6.26. The monoisotopic (exact) mass is 390 g/mol.